The van der Waals surface area contributed by atoms with Crippen molar-refractivity contribution in [1.29, 1.82) is 0 Å². The number of amides is 1. The SMILES string of the molecule is O=C(Cn1nnnc1COc1ccc(Cl)cc1)NCC1CCCO1. The van der Waals surface area contributed by atoms with Crippen molar-refractivity contribution >= 4 is 17.5 Å². The molecule has 128 valence electrons. The van der Waals surface area contributed by atoms with Crippen LogP contribution in [0.15, 0.2) is 24.3 Å². The quantitative estimate of drug-likeness (QED) is 0.806. The second-order valence-electron chi connectivity index (χ2n) is 5.43. The van der Waals surface area contributed by atoms with E-state index in [9.17, 15) is 4.79 Å². The molecule has 1 aliphatic heterocycles. The van der Waals surface area contributed by atoms with Crippen LogP contribution in [0, 0.1) is 0 Å². The van der Waals surface area contributed by atoms with E-state index in [4.69, 9.17) is 21.1 Å². The van der Waals surface area contributed by atoms with Gasteiger partial charge in [-0.3, -0.25) is 4.79 Å². The Hall–Kier alpha value is -2.19. The van der Waals surface area contributed by atoms with E-state index >= 15 is 0 Å². The van der Waals surface area contributed by atoms with Gasteiger partial charge in [0.15, 0.2) is 5.82 Å². The average Bonchev–Trinajstić information content (AvgIpc) is 3.24. The fraction of sp³-hybridized carbons (Fsp3) is 0.467. The molecule has 2 heterocycles. The second kappa shape index (κ2) is 8.07. The van der Waals surface area contributed by atoms with Gasteiger partial charge in [-0.1, -0.05) is 11.6 Å². The van der Waals surface area contributed by atoms with Crippen LogP contribution in [0.4, 0.5) is 0 Å². The van der Waals surface area contributed by atoms with E-state index in [0.29, 0.717) is 23.1 Å². The molecule has 1 amide bonds. The summed E-state index contributed by atoms with van der Waals surface area (Å²) in [7, 11) is 0. The third-order valence-electron chi connectivity index (χ3n) is 3.63. The zero-order valence-corrected chi connectivity index (χ0v) is 13.8. The van der Waals surface area contributed by atoms with Crippen molar-refractivity contribution in [3.8, 4) is 5.75 Å². The normalized spacial score (nSPS) is 17.0. The molecule has 1 unspecified atom stereocenters. The molecule has 1 atom stereocenters. The molecule has 0 spiro atoms. The third-order valence-corrected chi connectivity index (χ3v) is 3.88. The predicted octanol–water partition coefficient (Wildman–Crippen LogP) is 1.20. The van der Waals surface area contributed by atoms with Crippen LogP contribution in [-0.2, 0) is 22.7 Å². The van der Waals surface area contributed by atoms with Crippen LogP contribution in [0.3, 0.4) is 0 Å². The molecular formula is C15H18ClN5O3. The zero-order chi connectivity index (χ0) is 16.8. The van der Waals surface area contributed by atoms with Gasteiger partial charge in [0, 0.05) is 18.2 Å². The summed E-state index contributed by atoms with van der Waals surface area (Å²) in [4.78, 5) is 12.0. The highest BCUT2D eigenvalue weighted by atomic mass is 35.5. The number of benzene rings is 1. The van der Waals surface area contributed by atoms with E-state index in [0.717, 1.165) is 19.4 Å². The number of tetrazole rings is 1. The summed E-state index contributed by atoms with van der Waals surface area (Å²) in [6, 6.07) is 6.98. The lowest BCUT2D eigenvalue weighted by Crippen LogP contribution is -2.34. The van der Waals surface area contributed by atoms with Crippen LogP contribution < -0.4 is 10.1 Å². The number of carbonyl (C=O) groups is 1. The maximum absolute atomic E-state index is 12.0. The highest BCUT2D eigenvalue weighted by Gasteiger charge is 2.17. The fourth-order valence-electron chi connectivity index (χ4n) is 2.35. The fourth-order valence-corrected chi connectivity index (χ4v) is 2.48. The van der Waals surface area contributed by atoms with Gasteiger partial charge < -0.3 is 14.8 Å². The molecule has 0 saturated carbocycles. The van der Waals surface area contributed by atoms with E-state index in [1.807, 2.05) is 0 Å². The van der Waals surface area contributed by atoms with Crippen molar-refractivity contribution < 1.29 is 14.3 Å². The molecule has 1 saturated heterocycles. The summed E-state index contributed by atoms with van der Waals surface area (Å²) in [6.45, 7) is 1.48. The first-order valence-electron chi connectivity index (χ1n) is 7.72. The van der Waals surface area contributed by atoms with Crippen molar-refractivity contribution in [2.24, 2.45) is 0 Å². The van der Waals surface area contributed by atoms with E-state index < -0.39 is 0 Å². The summed E-state index contributed by atoms with van der Waals surface area (Å²) in [5.41, 5.74) is 0. The van der Waals surface area contributed by atoms with Gasteiger partial charge in [0.1, 0.15) is 18.9 Å². The van der Waals surface area contributed by atoms with Crippen LogP contribution in [0.2, 0.25) is 5.02 Å². The molecule has 3 rings (SSSR count). The molecule has 1 aromatic carbocycles. The van der Waals surface area contributed by atoms with E-state index in [2.05, 4.69) is 20.8 Å². The Bertz CT molecular complexity index is 670. The lowest BCUT2D eigenvalue weighted by Gasteiger charge is -2.11. The molecule has 0 bridgehead atoms. The molecule has 0 aliphatic carbocycles. The molecule has 8 nitrogen and oxygen atoms in total. The van der Waals surface area contributed by atoms with Crippen LogP contribution in [0.5, 0.6) is 5.75 Å². The minimum Gasteiger partial charge on any atom is -0.486 e. The highest BCUT2D eigenvalue weighted by molar-refractivity contribution is 6.30. The minimum atomic E-state index is -0.162. The highest BCUT2D eigenvalue weighted by Crippen LogP contribution is 2.16. The topological polar surface area (TPSA) is 91.2 Å². The summed E-state index contributed by atoms with van der Waals surface area (Å²) in [6.07, 6.45) is 2.13. The maximum atomic E-state index is 12.0. The molecule has 9 heteroatoms. The monoisotopic (exact) mass is 351 g/mol. The van der Waals surface area contributed by atoms with Gasteiger partial charge in [-0.2, -0.15) is 0 Å². The number of ether oxygens (including phenoxy) is 2. The van der Waals surface area contributed by atoms with Gasteiger partial charge >= 0.3 is 0 Å². The number of hydrogen-bond donors (Lipinski definition) is 1. The Labute approximate surface area is 144 Å². The smallest absolute Gasteiger partial charge is 0.241 e. The first-order valence-corrected chi connectivity index (χ1v) is 8.10. The Balaban J connectivity index is 1.48. The van der Waals surface area contributed by atoms with Crippen LogP contribution in [0.1, 0.15) is 18.7 Å². The van der Waals surface area contributed by atoms with Crippen LogP contribution >= 0.6 is 11.6 Å². The molecule has 1 aliphatic rings. The van der Waals surface area contributed by atoms with Crippen LogP contribution in [-0.4, -0.2) is 45.4 Å². The third kappa shape index (κ3) is 4.65. The summed E-state index contributed by atoms with van der Waals surface area (Å²) < 4.78 is 12.5. The van der Waals surface area contributed by atoms with Gasteiger partial charge in [-0.15, -0.1) is 5.10 Å². The first kappa shape index (κ1) is 16.7. The van der Waals surface area contributed by atoms with Crippen LogP contribution in [0.25, 0.3) is 0 Å². The van der Waals surface area contributed by atoms with Gasteiger partial charge in [0.2, 0.25) is 5.91 Å². The Kier molecular flexibility index (Phi) is 5.60. The summed E-state index contributed by atoms with van der Waals surface area (Å²) >= 11 is 5.83. The Morgan fingerprint density at radius 1 is 1.42 bits per heavy atom. The number of halogens is 1. The zero-order valence-electron chi connectivity index (χ0n) is 13.0. The van der Waals surface area contributed by atoms with Gasteiger partial charge in [-0.05, 0) is 47.5 Å². The minimum absolute atomic E-state index is 0.0407. The van der Waals surface area contributed by atoms with Gasteiger partial charge in [0.25, 0.3) is 0 Å². The number of nitrogens with one attached hydrogen (secondary N) is 1. The number of carbonyl (C=O) groups excluding carboxylic acids is 1. The maximum Gasteiger partial charge on any atom is 0.241 e. The van der Waals surface area contributed by atoms with Gasteiger partial charge in [-0.25, -0.2) is 4.68 Å². The average molecular weight is 352 g/mol. The molecular weight excluding hydrogens is 334 g/mol. The summed E-state index contributed by atoms with van der Waals surface area (Å²) in [5, 5.41) is 14.8. The van der Waals surface area contributed by atoms with Crippen molar-refractivity contribution in [3.05, 3.63) is 35.1 Å². The molecule has 1 aromatic heterocycles. The van der Waals surface area contributed by atoms with E-state index in [1.165, 1.54) is 4.68 Å². The van der Waals surface area contributed by atoms with Crippen molar-refractivity contribution in [2.45, 2.75) is 32.1 Å². The number of hydrogen-bond acceptors (Lipinski definition) is 6. The number of rotatable bonds is 7. The lowest BCUT2D eigenvalue weighted by molar-refractivity contribution is -0.122. The molecule has 0 radical (unpaired) electrons. The summed E-state index contributed by atoms with van der Waals surface area (Å²) in [5.74, 6) is 0.958. The Morgan fingerprint density at radius 3 is 3.00 bits per heavy atom. The van der Waals surface area contributed by atoms with Crippen molar-refractivity contribution in [3.63, 3.8) is 0 Å². The first-order chi connectivity index (χ1) is 11.7. The van der Waals surface area contributed by atoms with Crippen molar-refractivity contribution in [2.75, 3.05) is 13.2 Å². The number of aromatic nitrogens is 4. The molecule has 2 aromatic rings. The lowest BCUT2D eigenvalue weighted by atomic mass is 10.2. The van der Waals surface area contributed by atoms with E-state index in [1.54, 1.807) is 24.3 Å². The van der Waals surface area contributed by atoms with Crippen molar-refractivity contribution in [1.82, 2.24) is 25.5 Å². The Morgan fingerprint density at radius 2 is 2.25 bits per heavy atom. The second-order valence-corrected chi connectivity index (χ2v) is 5.87. The largest absolute Gasteiger partial charge is 0.486 e. The van der Waals surface area contributed by atoms with Gasteiger partial charge in [0.05, 0.1) is 6.10 Å². The van der Waals surface area contributed by atoms with E-state index in [-0.39, 0.29) is 25.2 Å². The number of nitrogens with zero attached hydrogens (tertiary/aromatic N) is 4. The molecule has 1 fully saturated rings. The predicted molar refractivity (Wildman–Crippen MR) is 85.6 cm³/mol. The molecule has 1 N–H and O–H groups in total. The standard InChI is InChI=1S/C15H18ClN5O3/c16-11-3-5-12(6-4-11)24-10-14-18-19-20-21(14)9-15(22)17-8-13-2-1-7-23-13/h3-6,13H,1-2,7-10H2,(H,17,22). The molecule has 24 heavy (non-hydrogen) atoms.